The van der Waals surface area contributed by atoms with Crippen LogP contribution in [0.15, 0.2) is 29.8 Å². The summed E-state index contributed by atoms with van der Waals surface area (Å²) in [6.45, 7) is 14.0. The van der Waals surface area contributed by atoms with Crippen molar-refractivity contribution in [3.8, 4) is 5.75 Å². The lowest BCUT2D eigenvalue weighted by molar-refractivity contribution is -0.168. The molecular formula is C36H54O5S2. The van der Waals surface area contributed by atoms with Crippen LogP contribution in [0, 0.1) is 34.0 Å². The largest absolute Gasteiger partial charge is 0.470 e. The van der Waals surface area contributed by atoms with Gasteiger partial charge in [0.1, 0.15) is 11.9 Å². The maximum Gasteiger partial charge on any atom is 0.220 e. The van der Waals surface area contributed by atoms with Gasteiger partial charge in [-0.3, -0.25) is 0 Å². The minimum absolute atomic E-state index is 0.0666. The van der Waals surface area contributed by atoms with Gasteiger partial charge in [0, 0.05) is 25.2 Å². The molecule has 0 bridgehead atoms. The van der Waals surface area contributed by atoms with Crippen LogP contribution in [0.5, 0.6) is 5.75 Å². The molecule has 0 spiro atoms. The Balaban J connectivity index is 1.55. The Morgan fingerprint density at radius 3 is 2.58 bits per heavy atom. The third kappa shape index (κ3) is 6.72. The van der Waals surface area contributed by atoms with Gasteiger partial charge in [-0.05, 0) is 123 Å². The number of benzene rings is 1. The van der Waals surface area contributed by atoms with Crippen molar-refractivity contribution in [2.75, 3.05) is 26.8 Å². The molecule has 2 saturated carbocycles. The van der Waals surface area contributed by atoms with Crippen LogP contribution in [0.1, 0.15) is 110 Å². The predicted octanol–water partition coefficient (Wildman–Crippen LogP) is 9.63. The van der Waals surface area contributed by atoms with Gasteiger partial charge in [0.15, 0.2) is 13.1 Å². The van der Waals surface area contributed by atoms with Crippen LogP contribution in [0.2, 0.25) is 0 Å². The van der Waals surface area contributed by atoms with Crippen molar-refractivity contribution in [3.05, 3.63) is 41.0 Å². The molecule has 1 unspecified atom stereocenters. The van der Waals surface area contributed by atoms with Crippen LogP contribution in [0.3, 0.4) is 0 Å². The van der Waals surface area contributed by atoms with Gasteiger partial charge in [0.05, 0.1) is 6.61 Å². The van der Waals surface area contributed by atoms with Gasteiger partial charge in [0.2, 0.25) is 4.38 Å². The van der Waals surface area contributed by atoms with Gasteiger partial charge in [-0.2, -0.15) is 0 Å². The first-order chi connectivity index (χ1) is 20.5. The van der Waals surface area contributed by atoms with Crippen molar-refractivity contribution < 1.29 is 23.7 Å². The second kappa shape index (κ2) is 13.7. The van der Waals surface area contributed by atoms with E-state index in [1.54, 1.807) is 7.11 Å². The Kier molecular flexibility index (Phi) is 10.6. The summed E-state index contributed by atoms with van der Waals surface area (Å²) in [6, 6.07) is 6.36. The smallest absolute Gasteiger partial charge is 0.220 e. The molecule has 5 nitrogen and oxygen atoms in total. The number of thioether (sulfide) groups is 1. The zero-order valence-electron chi connectivity index (χ0n) is 27.5. The highest BCUT2D eigenvalue weighted by atomic mass is 32.2. The summed E-state index contributed by atoms with van der Waals surface area (Å²) in [7, 11) is 1.66. The molecule has 0 amide bonds. The summed E-state index contributed by atoms with van der Waals surface area (Å²) in [5.74, 6) is 2.28. The molecule has 7 heteroatoms. The molecule has 5 rings (SSSR count). The average Bonchev–Trinajstić information content (AvgIpc) is 2.98. The van der Waals surface area contributed by atoms with Crippen LogP contribution in [-0.2, 0) is 25.6 Å². The molecule has 43 heavy (non-hydrogen) atoms. The Hall–Kier alpha value is -1.12. The quantitative estimate of drug-likeness (QED) is 0.153. The normalized spacial score (nSPS) is 34.3. The number of ether oxygens (including phenoxy) is 5. The van der Waals surface area contributed by atoms with Crippen LogP contribution in [0.25, 0.3) is 0 Å². The minimum Gasteiger partial charge on any atom is -0.470 e. The van der Waals surface area contributed by atoms with E-state index in [1.165, 1.54) is 49.4 Å². The van der Waals surface area contributed by atoms with E-state index >= 15 is 0 Å². The molecule has 1 saturated heterocycles. The number of hydrogen-bond donors (Lipinski definition) is 0. The number of fused-ring (bicyclic) bond motifs is 3. The van der Waals surface area contributed by atoms with E-state index in [2.05, 4.69) is 58.9 Å². The molecule has 1 aromatic carbocycles. The van der Waals surface area contributed by atoms with Crippen molar-refractivity contribution in [2.24, 2.45) is 34.0 Å². The van der Waals surface area contributed by atoms with E-state index in [1.807, 2.05) is 6.26 Å². The van der Waals surface area contributed by atoms with Gasteiger partial charge in [0.25, 0.3) is 0 Å². The predicted molar refractivity (Wildman–Crippen MR) is 179 cm³/mol. The number of methoxy groups -OCH3 is 1. The maximum atomic E-state index is 6.86. The highest BCUT2D eigenvalue weighted by molar-refractivity contribution is 8.22. The fourth-order valence-corrected chi connectivity index (χ4v) is 10.1. The topological polar surface area (TPSA) is 46.2 Å². The fourth-order valence-electron chi connectivity index (χ4n) is 9.79. The lowest BCUT2D eigenvalue weighted by atomic mass is 9.39. The summed E-state index contributed by atoms with van der Waals surface area (Å²) >= 11 is 7.28. The Morgan fingerprint density at radius 1 is 1.05 bits per heavy atom. The van der Waals surface area contributed by atoms with Crippen LogP contribution < -0.4 is 4.74 Å². The zero-order valence-corrected chi connectivity index (χ0v) is 29.2. The molecule has 0 radical (unpaired) electrons. The molecule has 4 aliphatic rings. The molecule has 3 aliphatic carbocycles. The molecule has 1 heterocycles. The Morgan fingerprint density at radius 2 is 1.86 bits per heavy atom. The first kappa shape index (κ1) is 33.2. The first-order valence-electron chi connectivity index (χ1n) is 16.4. The molecule has 3 fully saturated rings. The third-order valence-corrected chi connectivity index (χ3v) is 12.7. The van der Waals surface area contributed by atoms with Crippen LogP contribution >= 0.6 is 24.0 Å². The third-order valence-electron chi connectivity index (χ3n) is 11.7. The zero-order chi connectivity index (χ0) is 30.8. The summed E-state index contributed by atoms with van der Waals surface area (Å²) in [4.78, 5) is 0. The lowest BCUT2D eigenvalue weighted by Gasteiger charge is -2.65. The van der Waals surface area contributed by atoms with Crippen LogP contribution in [0.4, 0.5) is 0 Å². The van der Waals surface area contributed by atoms with Crippen molar-refractivity contribution in [1.82, 2.24) is 0 Å². The van der Waals surface area contributed by atoms with Gasteiger partial charge in [-0.15, -0.1) is 0 Å². The summed E-state index contributed by atoms with van der Waals surface area (Å²) in [5.41, 5.74) is 4.27. The first-order valence-corrected chi connectivity index (χ1v) is 18.1. The van der Waals surface area contributed by atoms with Gasteiger partial charge >= 0.3 is 0 Å². The number of thiocarbonyl (C=S) groups is 1. The van der Waals surface area contributed by atoms with E-state index in [0.717, 1.165) is 55.1 Å². The number of rotatable bonds is 9. The van der Waals surface area contributed by atoms with E-state index in [-0.39, 0.29) is 30.5 Å². The standard InChI is InChI=1S/C36H54O5S2/c1-24-12-15-29-35(4)18-10-17-34(2,3)28(35)16-19-36(29,5)31(24)32(41-33(42)43-7)26-21-25(13-14-27(26)40-23-37-6)22-39-30-11-8-9-20-38-30/h12-14,21,28-32H,8-11,15-20,22-23H2,1-7H3/t28-,29+,30?,31-,32+,35-,36+/m0/s1. The maximum absolute atomic E-state index is 6.86. The SMILES string of the molecule is COCOc1ccc(COC2CCCCO2)cc1[C@@H](OC(=S)SC)[C@@H]1C(C)=CC[C@H]2[C@@]1(C)CC[C@H]1C(C)(C)CCC[C@]21C. The summed E-state index contributed by atoms with van der Waals surface area (Å²) in [6.07, 6.45) is 14.9. The van der Waals surface area contributed by atoms with E-state index in [9.17, 15) is 0 Å². The molecule has 1 aliphatic heterocycles. The van der Waals surface area contributed by atoms with Crippen molar-refractivity contribution in [3.63, 3.8) is 0 Å². The average molecular weight is 631 g/mol. The second-order valence-corrected chi connectivity index (χ2v) is 16.1. The monoisotopic (exact) mass is 630 g/mol. The highest BCUT2D eigenvalue weighted by Gasteiger charge is 2.62. The molecule has 7 atom stereocenters. The number of hydrogen-bond acceptors (Lipinski definition) is 7. The number of allylic oxidation sites excluding steroid dienone is 1. The van der Waals surface area contributed by atoms with Crippen molar-refractivity contribution in [2.45, 2.75) is 111 Å². The molecule has 1 aromatic rings. The lowest BCUT2D eigenvalue weighted by Crippen LogP contribution is -2.58. The second-order valence-electron chi connectivity index (χ2n) is 14.7. The van der Waals surface area contributed by atoms with Crippen molar-refractivity contribution >= 4 is 28.4 Å². The van der Waals surface area contributed by atoms with E-state index in [0.29, 0.717) is 27.7 Å². The van der Waals surface area contributed by atoms with Gasteiger partial charge < -0.3 is 23.7 Å². The highest BCUT2D eigenvalue weighted by Crippen LogP contribution is 2.70. The molecule has 240 valence electrons. The fraction of sp³-hybridized carbons (Fsp3) is 0.750. The Labute approximate surface area is 270 Å². The van der Waals surface area contributed by atoms with E-state index < -0.39 is 0 Å². The molecule has 0 N–H and O–H groups in total. The van der Waals surface area contributed by atoms with Gasteiger partial charge in [-0.1, -0.05) is 63.6 Å². The van der Waals surface area contributed by atoms with Gasteiger partial charge in [-0.25, -0.2) is 0 Å². The summed E-state index contributed by atoms with van der Waals surface area (Å²) in [5, 5.41) is 0. The van der Waals surface area contributed by atoms with Crippen molar-refractivity contribution in [1.29, 1.82) is 0 Å². The Bertz CT molecular complexity index is 1160. The summed E-state index contributed by atoms with van der Waals surface area (Å²) < 4.78 is 31.1. The minimum atomic E-state index is -0.279. The molecular weight excluding hydrogens is 577 g/mol. The van der Waals surface area contributed by atoms with E-state index in [4.69, 9.17) is 35.9 Å². The van der Waals surface area contributed by atoms with Crippen LogP contribution in [-0.4, -0.2) is 37.4 Å². The molecule has 0 aromatic heterocycles.